The molecule has 16 heavy (non-hydrogen) atoms. The van der Waals surface area contributed by atoms with Gasteiger partial charge in [-0.1, -0.05) is 20.3 Å². The predicted molar refractivity (Wildman–Crippen MR) is 69.7 cm³/mol. The average Bonchev–Trinajstić information content (AvgIpc) is 3.11. The molecule has 94 valence electrons. The summed E-state index contributed by atoms with van der Waals surface area (Å²) >= 11 is 0. The lowest BCUT2D eigenvalue weighted by Gasteiger charge is -2.33. The van der Waals surface area contributed by atoms with Crippen molar-refractivity contribution >= 4 is 0 Å². The average molecular weight is 224 g/mol. The zero-order chi connectivity index (χ0) is 11.4. The Hall–Kier alpha value is -0.0800. The smallest absolute Gasteiger partial charge is 0.00964 e. The Morgan fingerprint density at radius 1 is 1.19 bits per heavy atom. The molecule has 0 spiro atoms. The Bertz CT molecular complexity index is 193. The van der Waals surface area contributed by atoms with Crippen LogP contribution in [0.15, 0.2) is 0 Å². The molecule has 0 bridgehead atoms. The first kappa shape index (κ1) is 12.4. The van der Waals surface area contributed by atoms with Crippen LogP contribution in [0.5, 0.6) is 0 Å². The van der Waals surface area contributed by atoms with Crippen LogP contribution in [0, 0.1) is 5.92 Å². The molecule has 2 fully saturated rings. The van der Waals surface area contributed by atoms with E-state index in [0.717, 1.165) is 18.0 Å². The zero-order valence-electron chi connectivity index (χ0n) is 11.0. The standard InChI is InChI=1S/C14H28N2/c1-3-4-12(2)11-15-13-7-9-16(10-8-13)14-5-6-14/h12-15H,3-11H2,1-2H3. The van der Waals surface area contributed by atoms with Crippen LogP contribution in [0.25, 0.3) is 0 Å². The number of nitrogens with one attached hydrogen (secondary N) is 1. The van der Waals surface area contributed by atoms with Crippen LogP contribution in [0.1, 0.15) is 52.4 Å². The first-order chi connectivity index (χ1) is 7.79. The molecule has 1 unspecified atom stereocenters. The summed E-state index contributed by atoms with van der Waals surface area (Å²) in [6, 6.07) is 1.77. The van der Waals surface area contributed by atoms with Gasteiger partial charge >= 0.3 is 0 Å². The van der Waals surface area contributed by atoms with Crippen molar-refractivity contribution in [2.24, 2.45) is 5.92 Å². The molecule has 2 nitrogen and oxygen atoms in total. The third-order valence-electron chi connectivity index (χ3n) is 4.13. The van der Waals surface area contributed by atoms with Gasteiger partial charge in [-0.3, -0.25) is 0 Å². The van der Waals surface area contributed by atoms with Gasteiger partial charge in [0.05, 0.1) is 0 Å². The summed E-state index contributed by atoms with van der Waals surface area (Å²) in [5.41, 5.74) is 0. The summed E-state index contributed by atoms with van der Waals surface area (Å²) in [5.74, 6) is 0.853. The number of rotatable bonds is 6. The van der Waals surface area contributed by atoms with Crippen molar-refractivity contribution in [3.63, 3.8) is 0 Å². The van der Waals surface area contributed by atoms with Gasteiger partial charge in [-0.25, -0.2) is 0 Å². The second kappa shape index (κ2) is 6.02. The highest BCUT2D eigenvalue weighted by atomic mass is 15.2. The molecule has 0 amide bonds. The van der Waals surface area contributed by atoms with Gasteiger partial charge in [-0.2, -0.15) is 0 Å². The molecule has 1 N–H and O–H groups in total. The molecule has 2 rings (SSSR count). The van der Waals surface area contributed by atoms with Gasteiger partial charge in [-0.15, -0.1) is 0 Å². The van der Waals surface area contributed by atoms with E-state index in [1.54, 1.807) is 0 Å². The zero-order valence-corrected chi connectivity index (χ0v) is 11.0. The van der Waals surface area contributed by atoms with Gasteiger partial charge in [0.15, 0.2) is 0 Å². The predicted octanol–water partition coefficient (Wildman–Crippen LogP) is 2.64. The molecule has 1 aliphatic carbocycles. The van der Waals surface area contributed by atoms with Crippen molar-refractivity contribution in [1.82, 2.24) is 10.2 Å². The fraction of sp³-hybridized carbons (Fsp3) is 1.00. The van der Waals surface area contributed by atoms with Crippen molar-refractivity contribution in [2.75, 3.05) is 19.6 Å². The maximum Gasteiger partial charge on any atom is 0.00964 e. The highest BCUT2D eigenvalue weighted by Crippen LogP contribution is 2.29. The largest absolute Gasteiger partial charge is 0.314 e. The van der Waals surface area contributed by atoms with Gasteiger partial charge in [0, 0.05) is 12.1 Å². The van der Waals surface area contributed by atoms with Crippen molar-refractivity contribution < 1.29 is 0 Å². The van der Waals surface area contributed by atoms with E-state index in [0.29, 0.717) is 0 Å². The van der Waals surface area contributed by atoms with Gasteiger partial charge < -0.3 is 10.2 Å². The lowest BCUT2D eigenvalue weighted by atomic mass is 10.0. The number of hydrogen-bond donors (Lipinski definition) is 1. The van der Waals surface area contributed by atoms with E-state index in [1.165, 1.54) is 58.2 Å². The van der Waals surface area contributed by atoms with E-state index in [9.17, 15) is 0 Å². The summed E-state index contributed by atoms with van der Waals surface area (Å²) in [6.07, 6.45) is 8.36. The van der Waals surface area contributed by atoms with Crippen LogP contribution < -0.4 is 5.32 Å². The Morgan fingerprint density at radius 3 is 2.44 bits per heavy atom. The maximum absolute atomic E-state index is 3.76. The number of piperidine rings is 1. The summed E-state index contributed by atoms with van der Waals surface area (Å²) in [5, 5.41) is 3.76. The maximum atomic E-state index is 3.76. The van der Waals surface area contributed by atoms with Gasteiger partial charge in [0.2, 0.25) is 0 Å². The Balaban J connectivity index is 1.57. The van der Waals surface area contributed by atoms with Crippen LogP contribution in [0.2, 0.25) is 0 Å². The van der Waals surface area contributed by atoms with Crippen molar-refractivity contribution in [2.45, 2.75) is 64.5 Å². The molecule has 2 aliphatic rings. The molecule has 0 aromatic heterocycles. The van der Waals surface area contributed by atoms with Crippen LogP contribution in [-0.2, 0) is 0 Å². The molecular formula is C14H28N2. The van der Waals surface area contributed by atoms with E-state index in [4.69, 9.17) is 0 Å². The molecule has 1 aliphatic heterocycles. The fourth-order valence-corrected chi connectivity index (χ4v) is 2.87. The van der Waals surface area contributed by atoms with Crippen molar-refractivity contribution in [3.05, 3.63) is 0 Å². The number of nitrogens with zero attached hydrogens (tertiary/aromatic N) is 1. The van der Waals surface area contributed by atoms with Gasteiger partial charge in [-0.05, 0) is 57.7 Å². The number of hydrogen-bond acceptors (Lipinski definition) is 2. The second-order valence-corrected chi connectivity index (χ2v) is 5.84. The lowest BCUT2D eigenvalue weighted by molar-refractivity contribution is 0.187. The third kappa shape index (κ3) is 3.74. The summed E-state index contributed by atoms with van der Waals surface area (Å²) in [4.78, 5) is 2.70. The lowest BCUT2D eigenvalue weighted by Crippen LogP contribution is -2.44. The minimum Gasteiger partial charge on any atom is -0.314 e. The minimum atomic E-state index is 0.800. The molecular weight excluding hydrogens is 196 g/mol. The molecule has 1 saturated carbocycles. The van der Waals surface area contributed by atoms with Crippen LogP contribution in [0.4, 0.5) is 0 Å². The van der Waals surface area contributed by atoms with Crippen LogP contribution >= 0.6 is 0 Å². The third-order valence-corrected chi connectivity index (χ3v) is 4.13. The molecule has 1 heterocycles. The first-order valence-corrected chi connectivity index (χ1v) is 7.27. The second-order valence-electron chi connectivity index (χ2n) is 5.84. The normalized spacial score (nSPS) is 25.9. The minimum absolute atomic E-state index is 0.800. The Morgan fingerprint density at radius 2 is 1.88 bits per heavy atom. The van der Waals surface area contributed by atoms with Crippen LogP contribution in [0.3, 0.4) is 0 Å². The number of likely N-dealkylation sites (tertiary alicyclic amines) is 1. The highest BCUT2D eigenvalue weighted by Gasteiger charge is 2.31. The fourth-order valence-electron chi connectivity index (χ4n) is 2.87. The molecule has 0 aromatic rings. The van der Waals surface area contributed by atoms with Gasteiger partial charge in [0.1, 0.15) is 0 Å². The Labute approximate surface area is 101 Å². The first-order valence-electron chi connectivity index (χ1n) is 7.27. The summed E-state index contributed by atoms with van der Waals surface area (Å²) < 4.78 is 0. The Kier molecular flexibility index (Phi) is 4.66. The SMILES string of the molecule is CCCC(C)CNC1CCN(C2CC2)CC1. The van der Waals surface area contributed by atoms with E-state index < -0.39 is 0 Å². The molecule has 1 atom stereocenters. The van der Waals surface area contributed by atoms with E-state index in [1.807, 2.05) is 0 Å². The summed E-state index contributed by atoms with van der Waals surface area (Å²) in [6.45, 7) is 8.55. The summed E-state index contributed by atoms with van der Waals surface area (Å²) in [7, 11) is 0. The van der Waals surface area contributed by atoms with Crippen LogP contribution in [-0.4, -0.2) is 36.6 Å². The topological polar surface area (TPSA) is 15.3 Å². The van der Waals surface area contributed by atoms with E-state index in [-0.39, 0.29) is 0 Å². The quantitative estimate of drug-likeness (QED) is 0.746. The highest BCUT2D eigenvalue weighted by molar-refractivity contribution is 4.88. The molecule has 2 heteroatoms. The van der Waals surface area contributed by atoms with E-state index in [2.05, 4.69) is 24.1 Å². The molecule has 1 saturated heterocycles. The monoisotopic (exact) mass is 224 g/mol. The van der Waals surface area contributed by atoms with Gasteiger partial charge in [0.25, 0.3) is 0 Å². The van der Waals surface area contributed by atoms with Crippen molar-refractivity contribution in [3.8, 4) is 0 Å². The van der Waals surface area contributed by atoms with E-state index >= 15 is 0 Å². The molecule has 0 radical (unpaired) electrons. The van der Waals surface area contributed by atoms with Crippen molar-refractivity contribution in [1.29, 1.82) is 0 Å². The molecule has 0 aromatic carbocycles.